The Hall–Kier alpha value is -2.80. The van der Waals surface area contributed by atoms with Gasteiger partial charge in [0, 0.05) is 5.41 Å². The summed E-state index contributed by atoms with van der Waals surface area (Å²) in [5, 5.41) is 9.55. The maximum atomic E-state index is 13.1. The standard InChI is InChI=1S/C32H36F6O/c1-6-23-9-11-25(12-10-23)28-16-15-27(20-22(28)5)29(7-2,8-3)26-14-13-24(21(4)19-26)17-18-30(39,31(33,34)35)32(36,37)38/h9-16,19-20,39H,6-8,17-18H2,1-5H3. The molecule has 0 aliphatic heterocycles. The Morgan fingerprint density at radius 3 is 1.62 bits per heavy atom. The average molecular weight is 551 g/mol. The van der Waals surface area contributed by atoms with Gasteiger partial charge in [-0.3, -0.25) is 0 Å². The van der Waals surface area contributed by atoms with E-state index in [4.69, 9.17) is 0 Å². The van der Waals surface area contributed by atoms with Gasteiger partial charge in [0.15, 0.2) is 0 Å². The minimum Gasteiger partial charge on any atom is -0.374 e. The second-order valence-electron chi connectivity index (χ2n) is 10.4. The number of rotatable bonds is 9. The van der Waals surface area contributed by atoms with Crippen LogP contribution in [0.5, 0.6) is 0 Å². The minimum atomic E-state index is -5.82. The van der Waals surface area contributed by atoms with E-state index >= 15 is 0 Å². The molecule has 3 aromatic carbocycles. The summed E-state index contributed by atoms with van der Waals surface area (Å²) in [5.41, 5.74) is 2.52. The van der Waals surface area contributed by atoms with E-state index in [0.717, 1.165) is 47.1 Å². The summed E-state index contributed by atoms with van der Waals surface area (Å²) >= 11 is 0. The highest BCUT2D eigenvalue weighted by Gasteiger charge is 2.69. The first-order valence-electron chi connectivity index (χ1n) is 13.3. The number of halogens is 6. The molecule has 7 heteroatoms. The van der Waals surface area contributed by atoms with Crippen LogP contribution < -0.4 is 0 Å². The number of aryl methyl sites for hydroxylation is 4. The van der Waals surface area contributed by atoms with E-state index in [-0.39, 0.29) is 5.41 Å². The summed E-state index contributed by atoms with van der Waals surface area (Å²) < 4.78 is 78.8. The molecule has 39 heavy (non-hydrogen) atoms. The first-order chi connectivity index (χ1) is 18.1. The molecule has 0 aromatic heterocycles. The zero-order chi connectivity index (χ0) is 29.2. The number of benzene rings is 3. The van der Waals surface area contributed by atoms with Gasteiger partial charge in [-0.15, -0.1) is 0 Å². The van der Waals surface area contributed by atoms with E-state index in [1.54, 1.807) is 19.1 Å². The molecule has 0 bridgehead atoms. The van der Waals surface area contributed by atoms with Crippen molar-refractivity contribution in [1.82, 2.24) is 0 Å². The van der Waals surface area contributed by atoms with E-state index in [1.165, 1.54) is 5.56 Å². The predicted octanol–water partition coefficient (Wildman–Crippen LogP) is 9.43. The zero-order valence-electron chi connectivity index (χ0n) is 23.0. The van der Waals surface area contributed by atoms with Crippen LogP contribution in [-0.4, -0.2) is 23.1 Å². The summed E-state index contributed by atoms with van der Waals surface area (Å²) in [6.07, 6.45) is -11.2. The molecule has 0 heterocycles. The molecule has 0 saturated carbocycles. The smallest absolute Gasteiger partial charge is 0.374 e. The summed E-state index contributed by atoms with van der Waals surface area (Å²) in [6, 6.07) is 20.1. The molecule has 3 rings (SSSR count). The third-order valence-electron chi connectivity index (χ3n) is 8.25. The van der Waals surface area contributed by atoms with Crippen molar-refractivity contribution in [2.75, 3.05) is 0 Å². The van der Waals surface area contributed by atoms with E-state index in [2.05, 4.69) is 70.2 Å². The van der Waals surface area contributed by atoms with Crippen molar-refractivity contribution >= 4 is 0 Å². The number of hydrogen-bond donors (Lipinski definition) is 1. The molecule has 0 spiro atoms. The summed E-state index contributed by atoms with van der Waals surface area (Å²) in [4.78, 5) is 0. The van der Waals surface area contributed by atoms with Gasteiger partial charge in [-0.05, 0) is 90.5 Å². The molecule has 0 aliphatic carbocycles. The lowest BCUT2D eigenvalue weighted by molar-refractivity contribution is -0.369. The van der Waals surface area contributed by atoms with Crippen molar-refractivity contribution in [1.29, 1.82) is 0 Å². The highest BCUT2D eigenvalue weighted by molar-refractivity contribution is 5.68. The molecule has 0 fully saturated rings. The maximum Gasteiger partial charge on any atom is 0.426 e. The Labute approximate surface area is 226 Å². The maximum absolute atomic E-state index is 13.1. The first-order valence-corrected chi connectivity index (χ1v) is 13.3. The van der Waals surface area contributed by atoms with Crippen molar-refractivity contribution < 1.29 is 31.4 Å². The Balaban J connectivity index is 1.95. The van der Waals surface area contributed by atoms with E-state index in [9.17, 15) is 31.4 Å². The lowest BCUT2D eigenvalue weighted by Gasteiger charge is -2.35. The monoisotopic (exact) mass is 550 g/mol. The van der Waals surface area contributed by atoms with Gasteiger partial charge in [-0.1, -0.05) is 81.4 Å². The zero-order valence-corrected chi connectivity index (χ0v) is 23.0. The van der Waals surface area contributed by atoms with Gasteiger partial charge in [-0.2, -0.15) is 26.3 Å². The van der Waals surface area contributed by atoms with Crippen molar-refractivity contribution in [2.24, 2.45) is 0 Å². The van der Waals surface area contributed by atoms with Gasteiger partial charge < -0.3 is 5.11 Å². The highest BCUT2D eigenvalue weighted by Crippen LogP contribution is 2.46. The van der Waals surface area contributed by atoms with Gasteiger partial charge in [0.05, 0.1) is 0 Å². The second-order valence-corrected chi connectivity index (χ2v) is 10.4. The van der Waals surface area contributed by atoms with Crippen LogP contribution in [0, 0.1) is 13.8 Å². The predicted molar refractivity (Wildman–Crippen MR) is 144 cm³/mol. The number of aliphatic hydroxyl groups is 1. The lowest BCUT2D eigenvalue weighted by atomic mass is 9.69. The van der Waals surface area contributed by atoms with Crippen molar-refractivity contribution in [3.63, 3.8) is 0 Å². The average Bonchev–Trinajstić information content (AvgIpc) is 2.88. The van der Waals surface area contributed by atoms with Crippen LogP contribution in [0.2, 0.25) is 0 Å². The van der Waals surface area contributed by atoms with Crippen molar-refractivity contribution in [2.45, 2.75) is 90.1 Å². The van der Waals surface area contributed by atoms with E-state index < -0.39 is 30.8 Å². The molecule has 0 aliphatic rings. The fraction of sp³-hybridized carbons (Fsp3) is 0.438. The van der Waals surface area contributed by atoms with Crippen LogP contribution in [0.4, 0.5) is 26.3 Å². The molecule has 1 N–H and O–H groups in total. The van der Waals surface area contributed by atoms with Crippen LogP contribution in [0.3, 0.4) is 0 Å². The van der Waals surface area contributed by atoms with Gasteiger partial charge in [0.2, 0.25) is 0 Å². The molecule has 0 atom stereocenters. The van der Waals surface area contributed by atoms with Crippen LogP contribution in [0.25, 0.3) is 11.1 Å². The van der Waals surface area contributed by atoms with Crippen LogP contribution in [-0.2, 0) is 18.3 Å². The van der Waals surface area contributed by atoms with Crippen molar-refractivity contribution in [3.8, 4) is 11.1 Å². The third-order valence-corrected chi connectivity index (χ3v) is 8.25. The van der Waals surface area contributed by atoms with Gasteiger partial charge in [0.1, 0.15) is 0 Å². The summed E-state index contributed by atoms with van der Waals surface area (Å²) in [5.74, 6) is 0. The Morgan fingerprint density at radius 1 is 0.667 bits per heavy atom. The molecule has 3 aromatic rings. The van der Waals surface area contributed by atoms with Crippen LogP contribution in [0.1, 0.15) is 73.4 Å². The topological polar surface area (TPSA) is 20.2 Å². The van der Waals surface area contributed by atoms with Crippen LogP contribution >= 0.6 is 0 Å². The van der Waals surface area contributed by atoms with E-state index in [0.29, 0.717) is 11.1 Å². The highest BCUT2D eigenvalue weighted by atomic mass is 19.4. The minimum absolute atomic E-state index is 0.342. The third kappa shape index (κ3) is 5.88. The first kappa shape index (κ1) is 30.7. The molecule has 0 radical (unpaired) electrons. The van der Waals surface area contributed by atoms with Crippen molar-refractivity contribution in [3.05, 3.63) is 94.0 Å². The fourth-order valence-electron chi connectivity index (χ4n) is 5.47. The Bertz CT molecular complexity index is 1250. The van der Waals surface area contributed by atoms with Gasteiger partial charge in [0.25, 0.3) is 5.60 Å². The lowest BCUT2D eigenvalue weighted by Crippen LogP contribution is -2.57. The molecule has 0 saturated heterocycles. The quantitative estimate of drug-likeness (QED) is 0.263. The molecule has 0 unspecified atom stereocenters. The number of alkyl halides is 6. The SMILES string of the molecule is CCc1ccc(-c2ccc(C(CC)(CC)c3ccc(CCC(O)(C(F)(F)F)C(F)(F)F)c(C)c3)cc2C)cc1. The molecule has 1 nitrogen and oxygen atoms in total. The van der Waals surface area contributed by atoms with Gasteiger partial charge in [-0.25, -0.2) is 0 Å². The largest absolute Gasteiger partial charge is 0.426 e. The summed E-state index contributed by atoms with van der Waals surface area (Å²) in [7, 11) is 0. The number of hydrogen-bond acceptors (Lipinski definition) is 1. The summed E-state index contributed by atoms with van der Waals surface area (Å²) in [6.45, 7) is 10.0. The fourth-order valence-corrected chi connectivity index (χ4v) is 5.47. The Morgan fingerprint density at radius 2 is 1.18 bits per heavy atom. The molecular formula is C32H36F6O. The molecule has 212 valence electrons. The Kier molecular flexibility index (Phi) is 8.95. The van der Waals surface area contributed by atoms with Gasteiger partial charge >= 0.3 is 12.4 Å². The van der Waals surface area contributed by atoms with Crippen LogP contribution in [0.15, 0.2) is 60.7 Å². The molecule has 0 amide bonds. The second kappa shape index (κ2) is 11.4. The van der Waals surface area contributed by atoms with E-state index in [1.807, 2.05) is 6.07 Å². The normalized spacial score (nSPS) is 13.1. The molecular weight excluding hydrogens is 514 g/mol.